The van der Waals surface area contributed by atoms with Gasteiger partial charge in [0.1, 0.15) is 17.8 Å². The Balaban J connectivity index is 2.44. The Morgan fingerprint density at radius 2 is 2.27 bits per heavy atom. The van der Waals surface area contributed by atoms with Crippen molar-refractivity contribution in [3.63, 3.8) is 0 Å². The van der Waals surface area contributed by atoms with Crippen molar-refractivity contribution in [2.45, 2.75) is 6.92 Å². The summed E-state index contributed by atoms with van der Waals surface area (Å²) in [4.78, 5) is 14.3. The zero-order valence-corrected chi connectivity index (χ0v) is 8.03. The maximum absolute atomic E-state index is 13.0. The van der Waals surface area contributed by atoms with Crippen molar-refractivity contribution in [3.8, 4) is 11.3 Å². The van der Waals surface area contributed by atoms with Crippen LogP contribution in [0.4, 0.5) is 4.39 Å². The third-order valence-corrected chi connectivity index (χ3v) is 2.08. The minimum absolute atomic E-state index is 0.0204. The third-order valence-electron chi connectivity index (χ3n) is 2.08. The van der Waals surface area contributed by atoms with Gasteiger partial charge in [-0.05, 0) is 30.7 Å². The lowest BCUT2D eigenvalue weighted by Gasteiger charge is -1.98. The Bertz CT molecular complexity index is 505. The molecule has 0 N–H and O–H groups in total. The zero-order valence-electron chi connectivity index (χ0n) is 8.03. The molecule has 4 heteroatoms. The van der Waals surface area contributed by atoms with Gasteiger partial charge in [0, 0.05) is 5.56 Å². The predicted octanol–water partition coefficient (Wildman–Crippen LogP) is 2.60. The molecule has 1 heterocycles. The summed E-state index contributed by atoms with van der Waals surface area (Å²) in [5, 5.41) is 0. The van der Waals surface area contributed by atoms with Crippen molar-refractivity contribution >= 4 is 6.29 Å². The molecule has 1 aromatic carbocycles. The van der Waals surface area contributed by atoms with Gasteiger partial charge in [-0.2, -0.15) is 0 Å². The summed E-state index contributed by atoms with van der Waals surface area (Å²) in [6.07, 6.45) is 1.90. The topological polar surface area (TPSA) is 43.1 Å². The van der Waals surface area contributed by atoms with Crippen LogP contribution >= 0.6 is 0 Å². The number of aromatic nitrogens is 1. The summed E-state index contributed by atoms with van der Waals surface area (Å²) in [6, 6.07) is 4.61. The number of carbonyl (C=O) groups excluding carboxylic acids is 1. The van der Waals surface area contributed by atoms with E-state index in [1.54, 1.807) is 19.1 Å². The molecule has 0 amide bonds. The second kappa shape index (κ2) is 3.65. The zero-order chi connectivity index (χ0) is 10.8. The quantitative estimate of drug-likeness (QED) is 0.708. The summed E-state index contributed by atoms with van der Waals surface area (Å²) >= 11 is 0. The van der Waals surface area contributed by atoms with Crippen LogP contribution in [0, 0.1) is 12.7 Å². The number of hydrogen-bond donors (Lipinski definition) is 0. The molecule has 0 bridgehead atoms. The molecule has 0 aliphatic heterocycles. The highest BCUT2D eigenvalue weighted by Crippen LogP contribution is 2.20. The van der Waals surface area contributed by atoms with Gasteiger partial charge >= 0.3 is 0 Å². The van der Waals surface area contributed by atoms with Gasteiger partial charge in [-0.1, -0.05) is 0 Å². The van der Waals surface area contributed by atoms with Gasteiger partial charge in [0.25, 0.3) is 5.89 Å². The molecule has 3 nitrogen and oxygen atoms in total. The molecule has 0 radical (unpaired) electrons. The fourth-order valence-corrected chi connectivity index (χ4v) is 1.28. The van der Waals surface area contributed by atoms with Crippen LogP contribution in [-0.4, -0.2) is 11.3 Å². The van der Waals surface area contributed by atoms with Gasteiger partial charge in [0.15, 0.2) is 0 Å². The number of benzene rings is 1. The fraction of sp³-hybridized carbons (Fsp3) is 0.0909. The molecule has 0 atom stereocenters. The highest BCUT2D eigenvalue weighted by atomic mass is 19.1. The lowest BCUT2D eigenvalue weighted by atomic mass is 10.1. The first-order valence-electron chi connectivity index (χ1n) is 4.38. The minimum Gasteiger partial charge on any atom is -0.442 e. The number of oxazole rings is 1. The van der Waals surface area contributed by atoms with E-state index in [0.717, 1.165) is 5.56 Å². The molecule has 0 aliphatic rings. The molecular weight excluding hydrogens is 197 g/mol. The maximum atomic E-state index is 13.0. The van der Waals surface area contributed by atoms with Crippen molar-refractivity contribution in [2.24, 2.45) is 0 Å². The molecular formula is C11H8FNO2. The summed E-state index contributed by atoms with van der Waals surface area (Å²) in [6.45, 7) is 1.67. The van der Waals surface area contributed by atoms with E-state index in [1.165, 1.54) is 12.3 Å². The summed E-state index contributed by atoms with van der Waals surface area (Å²) < 4.78 is 17.9. The monoisotopic (exact) mass is 205 g/mol. The third kappa shape index (κ3) is 1.79. The molecule has 15 heavy (non-hydrogen) atoms. The van der Waals surface area contributed by atoms with E-state index >= 15 is 0 Å². The SMILES string of the molecule is Cc1cc(-c2coc(C=O)n2)ccc1F. The predicted molar refractivity (Wildman–Crippen MR) is 52.0 cm³/mol. The van der Waals surface area contributed by atoms with Crippen LogP contribution < -0.4 is 0 Å². The molecule has 0 aliphatic carbocycles. The molecule has 1 aromatic heterocycles. The Kier molecular flexibility index (Phi) is 2.33. The minimum atomic E-state index is -0.266. The van der Waals surface area contributed by atoms with Crippen molar-refractivity contribution in [1.29, 1.82) is 0 Å². The second-order valence-corrected chi connectivity index (χ2v) is 3.15. The van der Waals surface area contributed by atoms with Gasteiger partial charge in [0.05, 0.1) is 0 Å². The largest absolute Gasteiger partial charge is 0.442 e. The number of aryl methyl sites for hydroxylation is 1. The molecule has 2 aromatic rings. The lowest BCUT2D eigenvalue weighted by Crippen LogP contribution is -1.85. The average molecular weight is 205 g/mol. The van der Waals surface area contributed by atoms with Crippen molar-refractivity contribution < 1.29 is 13.6 Å². The molecule has 2 rings (SSSR count). The second-order valence-electron chi connectivity index (χ2n) is 3.15. The van der Waals surface area contributed by atoms with Gasteiger partial charge < -0.3 is 4.42 Å². The molecule has 0 saturated heterocycles. The first kappa shape index (κ1) is 9.58. The van der Waals surface area contributed by atoms with Gasteiger partial charge in [-0.15, -0.1) is 0 Å². The van der Waals surface area contributed by atoms with E-state index in [9.17, 15) is 9.18 Å². The van der Waals surface area contributed by atoms with E-state index in [1.807, 2.05) is 0 Å². The summed E-state index contributed by atoms with van der Waals surface area (Å²) in [7, 11) is 0. The van der Waals surface area contributed by atoms with Crippen LogP contribution in [-0.2, 0) is 0 Å². The number of nitrogens with zero attached hydrogens (tertiary/aromatic N) is 1. The Labute approximate surface area is 85.6 Å². The van der Waals surface area contributed by atoms with Crippen LogP contribution in [0.5, 0.6) is 0 Å². The fourth-order valence-electron chi connectivity index (χ4n) is 1.28. The number of carbonyl (C=O) groups is 1. The Morgan fingerprint density at radius 3 is 2.87 bits per heavy atom. The molecule has 0 saturated carbocycles. The van der Waals surface area contributed by atoms with E-state index in [2.05, 4.69) is 4.98 Å². The summed E-state index contributed by atoms with van der Waals surface area (Å²) in [5.74, 6) is -0.246. The smallest absolute Gasteiger partial charge is 0.260 e. The van der Waals surface area contributed by atoms with E-state index < -0.39 is 0 Å². The number of halogens is 1. The molecule has 0 spiro atoms. The number of rotatable bonds is 2. The Morgan fingerprint density at radius 1 is 1.47 bits per heavy atom. The van der Waals surface area contributed by atoms with Crippen molar-refractivity contribution in [2.75, 3.05) is 0 Å². The van der Waals surface area contributed by atoms with Crippen molar-refractivity contribution in [1.82, 2.24) is 4.98 Å². The van der Waals surface area contributed by atoms with Crippen LogP contribution in [0.3, 0.4) is 0 Å². The van der Waals surface area contributed by atoms with E-state index in [0.29, 0.717) is 17.5 Å². The lowest BCUT2D eigenvalue weighted by molar-refractivity contribution is 0.109. The van der Waals surface area contributed by atoms with Gasteiger partial charge in [-0.3, -0.25) is 4.79 Å². The van der Waals surface area contributed by atoms with Crippen LogP contribution in [0.2, 0.25) is 0 Å². The summed E-state index contributed by atoms with van der Waals surface area (Å²) in [5.41, 5.74) is 1.79. The number of hydrogen-bond acceptors (Lipinski definition) is 3. The molecule has 76 valence electrons. The molecule has 0 fully saturated rings. The van der Waals surface area contributed by atoms with E-state index in [4.69, 9.17) is 4.42 Å². The first-order valence-corrected chi connectivity index (χ1v) is 4.38. The maximum Gasteiger partial charge on any atom is 0.260 e. The van der Waals surface area contributed by atoms with Crippen LogP contribution in [0.1, 0.15) is 16.2 Å². The standard InChI is InChI=1S/C11H8FNO2/c1-7-4-8(2-3-9(7)12)10-6-15-11(5-14)13-10/h2-6H,1H3. The van der Waals surface area contributed by atoms with Gasteiger partial charge in [0.2, 0.25) is 6.29 Å². The highest BCUT2D eigenvalue weighted by Gasteiger charge is 2.06. The Hall–Kier alpha value is -1.97. The first-order chi connectivity index (χ1) is 7.20. The highest BCUT2D eigenvalue weighted by molar-refractivity contribution is 5.70. The molecule has 0 unspecified atom stereocenters. The average Bonchev–Trinajstić information content (AvgIpc) is 2.70. The van der Waals surface area contributed by atoms with E-state index in [-0.39, 0.29) is 11.7 Å². The van der Waals surface area contributed by atoms with Crippen LogP contribution in [0.25, 0.3) is 11.3 Å². The van der Waals surface area contributed by atoms with Gasteiger partial charge in [-0.25, -0.2) is 9.37 Å². The normalized spacial score (nSPS) is 10.3. The van der Waals surface area contributed by atoms with Crippen LogP contribution in [0.15, 0.2) is 28.9 Å². The number of aldehydes is 1. The van der Waals surface area contributed by atoms with Crippen molar-refractivity contribution in [3.05, 3.63) is 41.7 Å².